The van der Waals surface area contributed by atoms with Crippen molar-refractivity contribution in [3.05, 3.63) is 173 Å². The molecule has 1 nitrogen and oxygen atoms in total. The van der Waals surface area contributed by atoms with Crippen molar-refractivity contribution in [2.24, 2.45) is 0 Å². The van der Waals surface area contributed by atoms with Gasteiger partial charge in [-0.25, -0.2) is 0 Å². The summed E-state index contributed by atoms with van der Waals surface area (Å²) in [5.41, 5.74) is 14.2. The van der Waals surface area contributed by atoms with Crippen LogP contribution in [-0.2, 0) is 5.41 Å². The Morgan fingerprint density at radius 1 is 0.442 bits per heavy atom. The molecule has 246 valence electrons. The van der Waals surface area contributed by atoms with Crippen molar-refractivity contribution in [1.29, 1.82) is 0 Å². The van der Waals surface area contributed by atoms with Gasteiger partial charge in [-0.2, -0.15) is 0 Å². The number of hydrogen-bond acceptors (Lipinski definition) is 0. The zero-order valence-electron chi connectivity index (χ0n) is 29.4. The Balaban J connectivity index is 1.23. The molecule has 11 rings (SSSR count). The molecule has 0 fully saturated rings. The van der Waals surface area contributed by atoms with Gasteiger partial charge in [-0.1, -0.05) is 147 Å². The highest BCUT2D eigenvalue weighted by Gasteiger charge is 2.36. The van der Waals surface area contributed by atoms with Gasteiger partial charge in [0.15, 0.2) is 0 Å². The van der Waals surface area contributed by atoms with Gasteiger partial charge in [0.05, 0.1) is 11.0 Å². The smallest absolute Gasteiger partial charge is 0.0626 e. The first-order valence-corrected chi connectivity index (χ1v) is 18.6. The van der Waals surface area contributed by atoms with Gasteiger partial charge in [0, 0.05) is 27.3 Å². The van der Waals surface area contributed by atoms with Crippen LogP contribution < -0.4 is 10.4 Å². The molecule has 52 heavy (non-hydrogen) atoms. The lowest BCUT2D eigenvalue weighted by Gasteiger charge is -2.23. The summed E-state index contributed by atoms with van der Waals surface area (Å²) in [5, 5.41) is 10.7. The average molecular weight is 664 g/mol. The van der Waals surface area contributed by atoms with Crippen molar-refractivity contribution in [3.8, 4) is 39.1 Å². The fourth-order valence-corrected chi connectivity index (χ4v) is 9.56. The molecule has 2 aliphatic carbocycles. The fraction of sp³-hybridized carbons (Fsp3) is 0.0980. The summed E-state index contributed by atoms with van der Waals surface area (Å²) in [5.74, 6) is 0. The number of para-hydroxylation sites is 1. The number of hydrogen-bond donors (Lipinski definition) is 0. The molecule has 0 saturated carbocycles. The average Bonchev–Trinajstić information content (AvgIpc) is 3.66. The highest BCUT2D eigenvalue weighted by molar-refractivity contribution is 6.32. The van der Waals surface area contributed by atoms with Gasteiger partial charge in [0.1, 0.15) is 0 Å². The molecule has 0 spiro atoms. The Morgan fingerprint density at radius 2 is 1.06 bits per heavy atom. The van der Waals surface area contributed by atoms with Gasteiger partial charge >= 0.3 is 0 Å². The minimum Gasteiger partial charge on any atom is -0.309 e. The fourth-order valence-electron chi connectivity index (χ4n) is 9.56. The molecule has 2 aliphatic rings. The molecule has 0 N–H and O–H groups in total. The van der Waals surface area contributed by atoms with Crippen LogP contribution in [0, 0.1) is 0 Å². The van der Waals surface area contributed by atoms with Crippen LogP contribution in [-0.4, -0.2) is 4.57 Å². The molecular formula is C51H37N. The Labute approximate surface area is 303 Å². The van der Waals surface area contributed by atoms with Crippen molar-refractivity contribution in [2.75, 3.05) is 0 Å². The van der Waals surface area contributed by atoms with Gasteiger partial charge in [-0.15, -0.1) is 0 Å². The first-order chi connectivity index (χ1) is 25.6. The highest BCUT2D eigenvalue weighted by Crippen LogP contribution is 2.51. The number of aromatic nitrogens is 1. The predicted molar refractivity (Wildman–Crippen MR) is 222 cm³/mol. The van der Waals surface area contributed by atoms with Crippen LogP contribution in [0.25, 0.3) is 94.6 Å². The first kappa shape index (κ1) is 29.5. The lowest BCUT2D eigenvalue weighted by Crippen LogP contribution is -2.29. The van der Waals surface area contributed by atoms with Crippen molar-refractivity contribution < 1.29 is 0 Å². The SMILES string of the molecule is CC1(C)c2cc(-c3ccccc3)ccc2-c2ccc(-n3c4ccccc4c4c5c6c(c(-c7ccccc7)cc5c5ccccc5c43)=CCCC=6)cc21. The molecule has 0 amide bonds. The van der Waals surface area contributed by atoms with Crippen molar-refractivity contribution >= 4 is 55.5 Å². The Kier molecular flexibility index (Phi) is 6.20. The van der Waals surface area contributed by atoms with Crippen LogP contribution in [0.4, 0.5) is 0 Å². The molecule has 1 heterocycles. The van der Waals surface area contributed by atoms with E-state index >= 15 is 0 Å². The van der Waals surface area contributed by atoms with E-state index in [4.69, 9.17) is 0 Å². The molecule has 0 bridgehead atoms. The molecule has 0 saturated heterocycles. The molecule has 0 aliphatic heterocycles. The van der Waals surface area contributed by atoms with E-state index in [9.17, 15) is 0 Å². The van der Waals surface area contributed by atoms with Crippen LogP contribution in [0.3, 0.4) is 0 Å². The number of nitrogens with zero attached hydrogens (tertiary/aromatic N) is 1. The molecule has 8 aromatic carbocycles. The molecule has 0 unspecified atom stereocenters. The Morgan fingerprint density at radius 3 is 1.83 bits per heavy atom. The summed E-state index contributed by atoms with van der Waals surface area (Å²) >= 11 is 0. The minimum absolute atomic E-state index is 0.142. The highest BCUT2D eigenvalue weighted by atomic mass is 15.0. The van der Waals surface area contributed by atoms with Gasteiger partial charge < -0.3 is 4.57 Å². The number of rotatable bonds is 3. The van der Waals surface area contributed by atoms with E-state index in [-0.39, 0.29) is 5.41 Å². The minimum atomic E-state index is -0.142. The van der Waals surface area contributed by atoms with Gasteiger partial charge in [0.2, 0.25) is 0 Å². The van der Waals surface area contributed by atoms with Crippen LogP contribution in [0.15, 0.2) is 152 Å². The van der Waals surface area contributed by atoms with E-state index in [1.165, 1.54) is 104 Å². The van der Waals surface area contributed by atoms with Gasteiger partial charge in [-0.05, 0) is 114 Å². The molecule has 1 heteroatoms. The topological polar surface area (TPSA) is 4.93 Å². The predicted octanol–water partition coefficient (Wildman–Crippen LogP) is 12.1. The second kappa shape index (κ2) is 10.9. The summed E-state index contributed by atoms with van der Waals surface area (Å²) in [7, 11) is 0. The standard InChI is InChI=1S/C51H37N/c1-51(2)45-29-34(32-15-5-3-6-16-32)25-27-38(45)39-28-26-35(30-46(39)51)52-47-24-14-13-23-42(47)49-48-40-21-11-9-19-36(40)43(33-17-7-4-8-18-33)31-44(48)37-20-10-12-22-41(37)50(49)52/h3-8,10,12-31H,9,11H2,1-2H3. The van der Waals surface area contributed by atoms with Crippen molar-refractivity contribution in [2.45, 2.75) is 32.1 Å². The monoisotopic (exact) mass is 663 g/mol. The van der Waals surface area contributed by atoms with E-state index in [1.54, 1.807) is 0 Å². The van der Waals surface area contributed by atoms with Crippen LogP contribution >= 0.6 is 0 Å². The molecule has 0 radical (unpaired) electrons. The third-order valence-corrected chi connectivity index (χ3v) is 12.0. The van der Waals surface area contributed by atoms with E-state index in [0.717, 1.165) is 12.8 Å². The van der Waals surface area contributed by atoms with Crippen molar-refractivity contribution in [3.63, 3.8) is 0 Å². The first-order valence-electron chi connectivity index (χ1n) is 18.6. The normalized spacial score (nSPS) is 14.3. The van der Waals surface area contributed by atoms with E-state index in [2.05, 4.69) is 182 Å². The summed E-state index contributed by atoms with van der Waals surface area (Å²) in [4.78, 5) is 0. The lowest BCUT2D eigenvalue weighted by atomic mass is 9.81. The van der Waals surface area contributed by atoms with Gasteiger partial charge in [-0.3, -0.25) is 0 Å². The maximum absolute atomic E-state index is 2.56. The third kappa shape index (κ3) is 4.05. The Hall–Kier alpha value is -6.18. The van der Waals surface area contributed by atoms with E-state index in [0.29, 0.717) is 0 Å². The molecular weight excluding hydrogens is 627 g/mol. The molecule has 0 atom stereocenters. The summed E-state index contributed by atoms with van der Waals surface area (Å²) in [6, 6.07) is 56.6. The second-order valence-corrected chi connectivity index (χ2v) is 15.1. The summed E-state index contributed by atoms with van der Waals surface area (Å²) in [6.45, 7) is 4.79. The zero-order valence-corrected chi connectivity index (χ0v) is 29.4. The lowest BCUT2D eigenvalue weighted by molar-refractivity contribution is 0.660. The third-order valence-electron chi connectivity index (χ3n) is 12.0. The molecule has 9 aromatic rings. The largest absolute Gasteiger partial charge is 0.309 e. The Bertz CT molecular complexity index is 3070. The van der Waals surface area contributed by atoms with Crippen LogP contribution in [0.1, 0.15) is 37.8 Å². The van der Waals surface area contributed by atoms with Gasteiger partial charge in [0.25, 0.3) is 0 Å². The maximum atomic E-state index is 2.56. The summed E-state index contributed by atoms with van der Waals surface area (Å²) in [6.07, 6.45) is 7.10. The number of benzene rings is 8. The van der Waals surface area contributed by atoms with E-state index in [1.807, 2.05) is 0 Å². The zero-order chi connectivity index (χ0) is 34.6. The quantitative estimate of drug-likeness (QED) is 0.166. The second-order valence-electron chi connectivity index (χ2n) is 15.1. The van der Waals surface area contributed by atoms with Crippen LogP contribution in [0.2, 0.25) is 0 Å². The van der Waals surface area contributed by atoms with Crippen molar-refractivity contribution in [1.82, 2.24) is 4.57 Å². The molecule has 1 aromatic heterocycles. The maximum Gasteiger partial charge on any atom is 0.0626 e. The van der Waals surface area contributed by atoms with Crippen LogP contribution in [0.5, 0.6) is 0 Å². The summed E-state index contributed by atoms with van der Waals surface area (Å²) < 4.78 is 2.56. The number of fused-ring (bicyclic) bond motifs is 13. The van der Waals surface area contributed by atoms with E-state index < -0.39 is 0 Å².